The van der Waals surface area contributed by atoms with Gasteiger partial charge in [-0.3, -0.25) is 0 Å². The van der Waals surface area contributed by atoms with E-state index in [-0.39, 0.29) is 0 Å². The molecule has 1 aromatic rings. The summed E-state index contributed by atoms with van der Waals surface area (Å²) in [6.07, 6.45) is 1.26. The maximum Gasteiger partial charge on any atom is 0.0376 e. The number of nitrogens with zero attached hydrogens (tertiary/aromatic N) is 1. The molecule has 2 aliphatic heterocycles. The highest BCUT2D eigenvalue weighted by Gasteiger charge is 2.29. The number of anilines is 1. The molecule has 3 heteroatoms. The zero-order chi connectivity index (χ0) is 13.3. The van der Waals surface area contributed by atoms with Crippen LogP contribution in [0.2, 0.25) is 0 Å². The smallest absolute Gasteiger partial charge is 0.0376 e. The molecule has 1 aromatic carbocycles. The number of fused-ring (bicyclic) bond motifs is 1. The predicted molar refractivity (Wildman–Crippen MR) is 85.3 cm³/mol. The Hall–Kier alpha value is -0.670. The van der Waals surface area contributed by atoms with Crippen molar-refractivity contribution < 1.29 is 0 Å². The molecule has 0 aromatic heterocycles. The van der Waals surface area contributed by atoms with E-state index in [1.807, 2.05) is 0 Å². The Morgan fingerprint density at radius 2 is 2.21 bits per heavy atom. The predicted octanol–water partition coefficient (Wildman–Crippen LogP) is 3.41. The number of rotatable bonds is 2. The van der Waals surface area contributed by atoms with Crippen molar-refractivity contribution in [2.45, 2.75) is 30.9 Å². The zero-order valence-electron chi connectivity index (χ0n) is 12.0. The number of benzene rings is 1. The molecule has 1 unspecified atom stereocenters. The third-order valence-corrected chi connectivity index (χ3v) is 5.49. The number of para-hydroxylation sites is 1. The van der Waals surface area contributed by atoms with Crippen LogP contribution < -0.4 is 5.32 Å². The van der Waals surface area contributed by atoms with Crippen LogP contribution in [0.15, 0.2) is 24.3 Å². The van der Waals surface area contributed by atoms with Crippen LogP contribution in [-0.2, 0) is 0 Å². The first-order valence-electron chi connectivity index (χ1n) is 7.33. The third kappa shape index (κ3) is 3.09. The molecule has 0 amide bonds. The first-order valence-corrected chi connectivity index (χ1v) is 8.32. The highest BCUT2D eigenvalue weighted by atomic mass is 32.2. The second kappa shape index (κ2) is 5.37. The zero-order valence-corrected chi connectivity index (χ0v) is 12.8. The number of thioether (sulfide) groups is 1. The van der Waals surface area contributed by atoms with Gasteiger partial charge in [0, 0.05) is 48.3 Å². The fourth-order valence-electron chi connectivity index (χ4n) is 3.32. The molecule has 1 fully saturated rings. The normalized spacial score (nSPS) is 26.5. The molecule has 2 heterocycles. The van der Waals surface area contributed by atoms with E-state index in [2.05, 4.69) is 60.1 Å². The molecule has 0 radical (unpaired) electrons. The van der Waals surface area contributed by atoms with Crippen molar-refractivity contribution in [3.05, 3.63) is 29.8 Å². The van der Waals surface area contributed by atoms with E-state index in [1.165, 1.54) is 43.1 Å². The largest absolute Gasteiger partial charge is 0.385 e. The first-order chi connectivity index (χ1) is 9.14. The minimum absolute atomic E-state index is 0.421. The van der Waals surface area contributed by atoms with Crippen molar-refractivity contribution in [2.24, 2.45) is 0 Å². The topological polar surface area (TPSA) is 15.3 Å². The van der Waals surface area contributed by atoms with Crippen LogP contribution in [0.5, 0.6) is 0 Å². The molecule has 1 atom stereocenters. The maximum absolute atomic E-state index is 3.52. The summed E-state index contributed by atoms with van der Waals surface area (Å²) >= 11 is 2.12. The van der Waals surface area contributed by atoms with Crippen molar-refractivity contribution in [1.29, 1.82) is 0 Å². The van der Waals surface area contributed by atoms with Gasteiger partial charge < -0.3 is 10.2 Å². The average molecular weight is 276 g/mol. The van der Waals surface area contributed by atoms with Crippen LogP contribution >= 0.6 is 11.8 Å². The number of nitrogens with one attached hydrogen (secondary N) is 1. The van der Waals surface area contributed by atoms with Gasteiger partial charge in [0.15, 0.2) is 0 Å². The van der Waals surface area contributed by atoms with Crippen LogP contribution in [0.1, 0.15) is 31.7 Å². The van der Waals surface area contributed by atoms with Gasteiger partial charge in [-0.25, -0.2) is 0 Å². The summed E-state index contributed by atoms with van der Waals surface area (Å²) in [7, 11) is 0. The summed E-state index contributed by atoms with van der Waals surface area (Å²) in [6.45, 7) is 9.57. The molecular weight excluding hydrogens is 252 g/mol. The van der Waals surface area contributed by atoms with Crippen molar-refractivity contribution in [1.82, 2.24) is 4.90 Å². The van der Waals surface area contributed by atoms with E-state index in [1.54, 1.807) is 0 Å². The Bertz CT molecular complexity index is 444. The van der Waals surface area contributed by atoms with Gasteiger partial charge in [-0.05, 0) is 31.9 Å². The van der Waals surface area contributed by atoms with Gasteiger partial charge in [0.1, 0.15) is 0 Å². The van der Waals surface area contributed by atoms with E-state index < -0.39 is 0 Å². The van der Waals surface area contributed by atoms with Gasteiger partial charge in [0.2, 0.25) is 0 Å². The summed E-state index contributed by atoms with van der Waals surface area (Å²) in [5, 5.41) is 3.52. The van der Waals surface area contributed by atoms with E-state index in [0.29, 0.717) is 10.7 Å². The lowest BCUT2D eigenvalue weighted by atomic mass is 9.90. The molecule has 104 valence electrons. The molecular formula is C16H24N2S. The Morgan fingerprint density at radius 3 is 3.05 bits per heavy atom. The van der Waals surface area contributed by atoms with Gasteiger partial charge >= 0.3 is 0 Å². The summed E-state index contributed by atoms with van der Waals surface area (Å²) in [5.41, 5.74) is 2.87. The lowest BCUT2D eigenvalue weighted by Gasteiger charge is -2.40. The summed E-state index contributed by atoms with van der Waals surface area (Å²) in [6, 6.07) is 8.83. The quantitative estimate of drug-likeness (QED) is 0.891. The second-order valence-electron chi connectivity index (χ2n) is 6.34. The van der Waals surface area contributed by atoms with Gasteiger partial charge in [-0.1, -0.05) is 18.2 Å². The SMILES string of the molecule is CC1(C)CN(CC2CCNc3ccccc32)CCS1. The van der Waals surface area contributed by atoms with Crippen LogP contribution in [0.25, 0.3) is 0 Å². The highest BCUT2D eigenvalue weighted by Crippen LogP contribution is 2.35. The van der Waals surface area contributed by atoms with E-state index in [0.717, 1.165) is 6.54 Å². The fraction of sp³-hybridized carbons (Fsp3) is 0.625. The molecule has 0 saturated carbocycles. The second-order valence-corrected chi connectivity index (χ2v) is 8.14. The molecule has 2 nitrogen and oxygen atoms in total. The standard InChI is InChI=1S/C16H24N2S/c1-16(2)12-18(9-10-19-16)11-13-7-8-17-15-6-4-3-5-14(13)15/h3-6,13,17H,7-12H2,1-2H3. The summed E-state index contributed by atoms with van der Waals surface area (Å²) < 4.78 is 0.421. The molecule has 0 spiro atoms. The van der Waals surface area contributed by atoms with Crippen molar-refractivity contribution >= 4 is 17.4 Å². The van der Waals surface area contributed by atoms with E-state index in [4.69, 9.17) is 0 Å². The lowest BCUT2D eigenvalue weighted by Crippen LogP contribution is -2.45. The van der Waals surface area contributed by atoms with Crippen LogP contribution in [0.3, 0.4) is 0 Å². The summed E-state index contributed by atoms with van der Waals surface area (Å²) in [4.78, 5) is 2.67. The maximum atomic E-state index is 3.52. The average Bonchev–Trinajstić information content (AvgIpc) is 2.38. The molecule has 3 rings (SSSR count). The minimum atomic E-state index is 0.421. The Kier molecular flexibility index (Phi) is 3.77. The van der Waals surface area contributed by atoms with Crippen LogP contribution in [0.4, 0.5) is 5.69 Å². The van der Waals surface area contributed by atoms with Gasteiger partial charge in [-0.15, -0.1) is 0 Å². The Balaban J connectivity index is 1.71. The molecule has 0 aliphatic carbocycles. The molecule has 2 aliphatic rings. The van der Waals surface area contributed by atoms with Gasteiger partial charge in [0.05, 0.1) is 0 Å². The highest BCUT2D eigenvalue weighted by molar-refractivity contribution is 8.00. The number of hydrogen-bond donors (Lipinski definition) is 1. The molecule has 1 saturated heterocycles. The monoisotopic (exact) mass is 276 g/mol. The fourth-order valence-corrected chi connectivity index (χ4v) is 4.50. The van der Waals surface area contributed by atoms with Crippen molar-refractivity contribution in [2.75, 3.05) is 37.2 Å². The van der Waals surface area contributed by atoms with Crippen molar-refractivity contribution in [3.8, 4) is 0 Å². The molecule has 1 N–H and O–H groups in total. The van der Waals surface area contributed by atoms with Gasteiger partial charge in [-0.2, -0.15) is 11.8 Å². The Labute approximate surface area is 121 Å². The minimum Gasteiger partial charge on any atom is -0.385 e. The Morgan fingerprint density at radius 1 is 1.37 bits per heavy atom. The van der Waals surface area contributed by atoms with E-state index >= 15 is 0 Å². The van der Waals surface area contributed by atoms with Crippen LogP contribution in [0, 0.1) is 0 Å². The first kappa shape index (κ1) is 13.3. The third-order valence-electron chi connectivity index (χ3n) is 4.19. The number of hydrogen-bond acceptors (Lipinski definition) is 3. The summed E-state index contributed by atoms with van der Waals surface area (Å²) in [5.74, 6) is 1.98. The molecule has 19 heavy (non-hydrogen) atoms. The van der Waals surface area contributed by atoms with Crippen LogP contribution in [-0.4, -0.2) is 41.6 Å². The van der Waals surface area contributed by atoms with Crippen molar-refractivity contribution in [3.63, 3.8) is 0 Å². The van der Waals surface area contributed by atoms with E-state index in [9.17, 15) is 0 Å². The molecule has 0 bridgehead atoms. The lowest BCUT2D eigenvalue weighted by molar-refractivity contribution is 0.241. The van der Waals surface area contributed by atoms with Gasteiger partial charge in [0.25, 0.3) is 0 Å².